The summed E-state index contributed by atoms with van der Waals surface area (Å²) in [6, 6.07) is 0. The Morgan fingerprint density at radius 3 is 2.26 bits per heavy atom. The minimum Gasteiger partial charge on any atom is -0.475 e. The fourth-order valence-electron chi connectivity index (χ4n) is 6.31. The molecule has 4 rings (SSSR count). The van der Waals surface area contributed by atoms with Crippen molar-refractivity contribution in [3.8, 4) is 0 Å². The van der Waals surface area contributed by atoms with Crippen LogP contribution in [0.3, 0.4) is 0 Å². The molecule has 6 atom stereocenters. The summed E-state index contributed by atoms with van der Waals surface area (Å²) in [5.74, 6) is 0.222. The lowest BCUT2D eigenvalue weighted by atomic mass is 9.85. The number of rotatable bonds is 16. The predicted molar refractivity (Wildman–Crippen MR) is 145 cm³/mol. The maximum Gasteiger partial charge on any atom is 0.374 e. The number of hydrogen-bond donors (Lipinski definition) is 1. The Hall–Kier alpha value is -1.57. The molecule has 38 heavy (non-hydrogen) atoms. The van der Waals surface area contributed by atoms with Gasteiger partial charge in [0.25, 0.3) is 0 Å². The molecule has 3 aliphatic heterocycles. The summed E-state index contributed by atoms with van der Waals surface area (Å²) in [6.45, 7) is 7.86. The van der Waals surface area contributed by atoms with E-state index in [1.54, 1.807) is 0 Å². The number of carbonyl (C=O) groups is 1. The molecule has 0 spiro atoms. The number of unbranched alkanes of at least 4 members (excludes halogenated alkanes) is 5. The van der Waals surface area contributed by atoms with Gasteiger partial charge in [-0.05, 0) is 63.2 Å². The van der Waals surface area contributed by atoms with E-state index in [4.69, 9.17) is 23.7 Å². The van der Waals surface area contributed by atoms with Crippen LogP contribution in [0.5, 0.6) is 0 Å². The quantitative estimate of drug-likeness (QED) is 0.0733. The zero-order valence-electron chi connectivity index (χ0n) is 23.5. The Morgan fingerprint density at radius 1 is 0.921 bits per heavy atom. The van der Waals surface area contributed by atoms with Gasteiger partial charge in [0, 0.05) is 19.3 Å². The number of allylic oxidation sites excluding steroid dienone is 1. The van der Waals surface area contributed by atoms with Crippen LogP contribution in [0.4, 0.5) is 0 Å². The summed E-state index contributed by atoms with van der Waals surface area (Å²) >= 11 is 0. The van der Waals surface area contributed by atoms with Crippen LogP contribution >= 0.6 is 0 Å². The molecular formula is C31H50O7. The van der Waals surface area contributed by atoms with Crippen LogP contribution in [0.15, 0.2) is 23.7 Å². The minimum absolute atomic E-state index is 0.0677. The fraction of sp³-hybridized carbons (Fsp3) is 0.839. The summed E-state index contributed by atoms with van der Waals surface area (Å²) in [4.78, 5) is 12.3. The fourth-order valence-corrected chi connectivity index (χ4v) is 6.31. The number of carboxylic acids is 1. The van der Waals surface area contributed by atoms with Crippen LogP contribution in [0.25, 0.3) is 0 Å². The lowest BCUT2D eigenvalue weighted by molar-refractivity contribution is -0.170. The van der Waals surface area contributed by atoms with Crippen molar-refractivity contribution in [3.63, 3.8) is 0 Å². The van der Waals surface area contributed by atoms with Crippen molar-refractivity contribution in [2.24, 2.45) is 11.8 Å². The maximum atomic E-state index is 12.3. The number of epoxide rings is 1. The highest BCUT2D eigenvalue weighted by Crippen LogP contribution is 2.46. The highest BCUT2D eigenvalue weighted by molar-refractivity contribution is 5.84. The Morgan fingerprint density at radius 2 is 1.61 bits per heavy atom. The van der Waals surface area contributed by atoms with Crippen molar-refractivity contribution in [1.29, 1.82) is 0 Å². The van der Waals surface area contributed by atoms with Crippen molar-refractivity contribution < 1.29 is 33.6 Å². The van der Waals surface area contributed by atoms with Gasteiger partial charge in [-0.15, -0.1) is 0 Å². The van der Waals surface area contributed by atoms with E-state index in [2.05, 4.69) is 13.5 Å². The molecule has 1 N–H and O–H groups in total. The predicted octanol–water partition coefficient (Wildman–Crippen LogP) is 7.25. The molecule has 216 valence electrons. The SMILES string of the molecule is C=C1CC[C@H](CCCCCCCC)[C@H]1C[C@H]1OC1CC(OC1CCCCO1)=C(OC1CCCCO1)C(=O)O. The van der Waals surface area contributed by atoms with Crippen molar-refractivity contribution in [2.75, 3.05) is 13.2 Å². The lowest BCUT2D eigenvalue weighted by Gasteiger charge is -2.27. The molecule has 3 unspecified atom stereocenters. The van der Waals surface area contributed by atoms with E-state index >= 15 is 0 Å². The topological polar surface area (TPSA) is 86.8 Å². The standard InChI is InChI=1S/C31H50O7/c1-3-4-5-6-7-8-13-23-17-16-22(2)24(23)20-25-26(36-25)21-27(37-28-14-9-11-18-34-28)30(31(32)33)38-29-15-10-12-19-35-29/h23-26,28-29H,2-21H2,1H3,(H,32,33)/t23-,24-,25+,26?,28?,29?/m0/s1. The van der Waals surface area contributed by atoms with Crippen LogP contribution in [-0.2, 0) is 28.5 Å². The zero-order chi connectivity index (χ0) is 26.7. The molecule has 0 amide bonds. The Kier molecular flexibility index (Phi) is 11.8. The van der Waals surface area contributed by atoms with Gasteiger partial charge in [0.15, 0.2) is 18.3 Å². The summed E-state index contributed by atoms with van der Waals surface area (Å²) in [5.41, 5.74) is 1.36. The number of aliphatic carboxylic acids is 1. The van der Waals surface area contributed by atoms with Gasteiger partial charge in [-0.1, -0.05) is 57.6 Å². The molecule has 7 nitrogen and oxygen atoms in total. The summed E-state index contributed by atoms with van der Waals surface area (Å²) in [6.07, 6.45) is 17.3. The van der Waals surface area contributed by atoms with Gasteiger partial charge in [-0.25, -0.2) is 4.79 Å². The first kappa shape index (κ1) is 29.4. The molecule has 1 aliphatic carbocycles. The first-order valence-corrected chi connectivity index (χ1v) is 15.4. The molecule has 0 aromatic carbocycles. The van der Waals surface area contributed by atoms with E-state index in [0.29, 0.717) is 43.7 Å². The third-order valence-corrected chi connectivity index (χ3v) is 8.66. The van der Waals surface area contributed by atoms with E-state index in [1.807, 2.05) is 0 Å². The van der Waals surface area contributed by atoms with Gasteiger partial charge in [-0.3, -0.25) is 0 Å². The monoisotopic (exact) mass is 534 g/mol. The number of ether oxygens (including phenoxy) is 5. The van der Waals surface area contributed by atoms with Gasteiger partial charge < -0.3 is 28.8 Å². The largest absolute Gasteiger partial charge is 0.475 e. The second-order valence-corrected chi connectivity index (χ2v) is 11.7. The van der Waals surface area contributed by atoms with E-state index in [1.165, 1.54) is 56.9 Å². The van der Waals surface area contributed by atoms with Crippen LogP contribution in [0.1, 0.15) is 116 Å². The van der Waals surface area contributed by atoms with E-state index in [9.17, 15) is 9.90 Å². The normalized spacial score (nSPS) is 32.1. The molecule has 3 heterocycles. The van der Waals surface area contributed by atoms with E-state index in [0.717, 1.165) is 44.9 Å². The molecule has 0 radical (unpaired) electrons. The molecule has 0 aromatic rings. The smallest absolute Gasteiger partial charge is 0.374 e. The number of carboxylic acid groups (broad SMARTS) is 1. The summed E-state index contributed by atoms with van der Waals surface area (Å²) < 4.78 is 29.6. The Bertz CT molecular complexity index is 781. The Labute approximate surface area is 229 Å². The summed E-state index contributed by atoms with van der Waals surface area (Å²) in [5, 5.41) is 10.0. The highest BCUT2D eigenvalue weighted by atomic mass is 16.7. The van der Waals surface area contributed by atoms with Crippen molar-refractivity contribution in [1.82, 2.24) is 0 Å². The summed E-state index contributed by atoms with van der Waals surface area (Å²) in [7, 11) is 0. The first-order chi connectivity index (χ1) is 18.5. The first-order valence-electron chi connectivity index (χ1n) is 15.4. The molecule has 0 aromatic heterocycles. The molecule has 7 heteroatoms. The van der Waals surface area contributed by atoms with Crippen LogP contribution in [0.2, 0.25) is 0 Å². The number of hydrogen-bond acceptors (Lipinski definition) is 6. The van der Waals surface area contributed by atoms with Crippen molar-refractivity contribution in [2.45, 2.75) is 141 Å². The van der Waals surface area contributed by atoms with Gasteiger partial charge in [0.1, 0.15) is 0 Å². The van der Waals surface area contributed by atoms with Crippen LogP contribution in [0, 0.1) is 11.8 Å². The minimum atomic E-state index is -1.13. The highest BCUT2D eigenvalue weighted by Gasteiger charge is 2.45. The zero-order valence-corrected chi connectivity index (χ0v) is 23.5. The average Bonchev–Trinajstić information content (AvgIpc) is 3.57. The maximum absolute atomic E-state index is 12.3. The molecular weight excluding hydrogens is 484 g/mol. The van der Waals surface area contributed by atoms with E-state index < -0.39 is 18.5 Å². The third kappa shape index (κ3) is 8.99. The van der Waals surface area contributed by atoms with E-state index in [-0.39, 0.29) is 18.0 Å². The average molecular weight is 535 g/mol. The van der Waals surface area contributed by atoms with Gasteiger partial charge in [-0.2, -0.15) is 0 Å². The van der Waals surface area contributed by atoms with Crippen LogP contribution < -0.4 is 0 Å². The van der Waals surface area contributed by atoms with Gasteiger partial charge in [0.2, 0.25) is 5.76 Å². The second-order valence-electron chi connectivity index (χ2n) is 11.7. The van der Waals surface area contributed by atoms with Crippen molar-refractivity contribution in [3.05, 3.63) is 23.7 Å². The lowest BCUT2D eigenvalue weighted by Crippen LogP contribution is -2.28. The van der Waals surface area contributed by atoms with Gasteiger partial charge >= 0.3 is 5.97 Å². The molecule has 4 fully saturated rings. The third-order valence-electron chi connectivity index (χ3n) is 8.66. The molecule has 1 saturated carbocycles. The van der Waals surface area contributed by atoms with Crippen LogP contribution in [-0.4, -0.2) is 49.1 Å². The molecule has 0 bridgehead atoms. The molecule has 4 aliphatic rings. The molecule has 3 saturated heterocycles. The Balaban J connectivity index is 1.34. The van der Waals surface area contributed by atoms with Crippen molar-refractivity contribution >= 4 is 5.97 Å². The second kappa shape index (κ2) is 15.3. The van der Waals surface area contributed by atoms with Gasteiger partial charge in [0.05, 0.1) is 25.4 Å².